The molecule has 0 aliphatic heterocycles. The fraction of sp³-hybridized carbons (Fsp3) is 0.625. The van der Waals surface area contributed by atoms with Gasteiger partial charge in [0.25, 0.3) is 0 Å². The van der Waals surface area contributed by atoms with Crippen LogP contribution in [0.5, 0.6) is 0 Å². The number of ether oxygens (including phenoxy) is 1. The first-order valence-electron chi connectivity index (χ1n) is 3.48. The normalized spacial score (nSPS) is 32.8. The van der Waals surface area contributed by atoms with Gasteiger partial charge in [-0.05, 0) is 18.4 Å². The third-order valence-electron chi connectivity index (χ3n) is 1.83. The molecule has 0 aromatic heterocycles. The average molecular weight is 156 g/mol. The number of allylic oxidation sites excluding steroid dienone is 1. The van der Waals surface area contributed by atoms with Gasteiger partial charge in [-0.2, -0.15) is 0 Å². The molecule has 10 heavy (non-hydrogen) atoms. The highest BCUT2D eigenvalue weighted by Gasteiger charge is 2.18. The summed E-state index contributed by atoms with van der Waals surface area (Å²) in [5, 5.41) is 0. The maximum atomic E-state index is 5.21. The largest absolute Gasteiger partial charge is 0.377 e. The molecule has 0 fully saturated rings. The molecule has 0 heterocycles. The molecule has 0 aromatic rings. The van der Waals surface area contributed by atoms with E-state index in [-0.39, 0.29) is 6.10 Å². The van der Waals surface area contributed by atoms with Crippen molar-refractivity contribution in [3.63, 3.8) is 0 Å². The molecule has 0 radical (unpaired) electrons. The van der Waals surface area contributed by atoms with Gasteiger partial charge in [-0.25, -0.2) is 0 Å². The molecule has 0 aromatic carbocycles. The molecular formula is C8H12OS. The maximum Gasteiger partial charge on any atom is 0.0784 e. The minimum atomic E-state index is 0.270. The van der Waals surface area contributed by atoms with E-state index in [9.17, 15) is 0 Å². The molecule has 2 atom stereocenters. The van der Waals surface area contributed by atoms with Gasteiger partial charge < -0.3 is 4.74 Å². The van der Waals surface area contributed by atoms with Crippen molar-refractivity contribution in [2.75, 3.05) is 7.11 Å². The van der Waals surface area contributed by atoms with Gasteiger partial charge in [0.15, 0.2) is 0 Å². The molecule has 0 spiro atoms. The van der Waals surface area contributed by atoms with E-state index in [1.165, 1.54) is 0 Å². The van der Waals surface area contributed by atoms with Crippen molar-refractivity contribution >= 4 is 17.1 Å². The zero-order chi connectivity index (χ0) is 7.56. The van der Waals surface area contributed by atoms with Crippen LogP contribution in [0.4, 0.5) is 0 Å². The van der Waals surface area contributed by atoms with Crippen molar-refractivity contribution < 1.29 is 4.74 Å². The summed E-state index contributed by atoms with van der Waals surface area (Å²) in [5.74, 6) is 0.544. The summed E-state index contributed by atoms with van der Waals surface area (Å²) < 4.78 is 5.21. The lowest BCUT2D eigenvalue weighted by molar-refractivity contribution is 0.0976. The summed E-state index contributed by atoms with van der Waals surface area (Å²) >= 11 is 5.04. The third kappa shape index (κ3) is 1.64. The van der Waals surface area contributed by atoms with Crippen LogP contribution in [-0.2, 0) is 4.74 Å². The van der Waals surface area contributed by atoms with Gasteiger partial charge in [0.1, 0.15) is 0 Å². The van der Waals surface area contributed by atoms with E-state index in [0.717, 1.165) is 11.3 Å². The molecule has 1 aliphatic rings. The summed E-state index contributed by atoms with van der Waals surface area (Å²) in [7, 11) is 1.74. The zero-order valence-corrected chi connectivity index (χ0v) is 7.15. The Hall–Kier alpha value is -0.210. The second kappa shape index (κ2) is 3.26. The molecular weight excluding hydrogens is 144 g/mol. The van der Waals surface area contributed by atoms with Crippen molar-refractivity contribution in [3.8, 4) is 0 Å². The van der Waals surface area contributed by atoms with E-state index >= 15 is 0 Å². The predicted molar refractivity (Wildman–Crippen MR) is 46.3 cm³/mol. The Balaban J connectivity index is 2.62. The van der Waals surface area contributed by atoms with Gasteiger partial charge in [-0.1, -0.05) is 25.2 Å². The standard InChI is InChI=1S/C8H12OS/c1-6-5-7(10)3-4-8(6)9-2/h3-4,6,8H,5H2,1-2H3. The number of rotatable bonds is 1. The molecule has 0 saturated heterocycles. The summed E-state index contributed by atoms with van der Waals surface area (Å²) in [6, 6.07) is 0. The van der Waals surface area contributed by atoms with Crippen LogP contribution in [0, 0.1) is 5.92 Å². The van der Waals surface area contributed by atoms with Crippen molar-refractivity contribution in [2.24, 2.45) is 5.92 Å². The average Bonchev–Trinajstić information content (AvgIpc) is 1.88. The molecule has 1 nitrogen and oxygen atoms in total. The molecule has 1 aliphatic carbocycles. The highest BCUT2D eigenvalue weighted by Crippen LogP contribution is 2.18. The maximum absolute atomic E-state index is 5.21. The Morgan fingerprint density at radius 2 is 2.40 bits per heavy atom. The molecule has 0 amide bonds. The van der Waals surface area contributed by atoms with Crippen molar-refractivity contribution in [1.29, 1.82) is 0 Å². The first kappa shape index (κ1) is 7.89. The van der Waals surface area contributed by atoms with Crippen molar-refractivity contribution in [3.05, 3.63) is 12.2 Å². The SMILES string of the molecule is COC1C=CC(=S)CC1C. The van der Waals surface area contributed by atoms with Crippen LogP contribution in [0.1, 0.15) is 13.3 Å². The third-order valence-corrected chi connectivity index (χ3v) is 2.13. The van der Waals surface area contributed by atoms with Crippen LogP contribution in [-0.4, -0.2) is 18.1 Å². The molecule has 0 saturated carbocycles. The van der Waals surface area contributed by atoms with Crippen LogP contribution >= 0.6 is 12.2 Å². The van der Waals surface area contributed by atoms with E-state index in [1.807, 2.05) is 12.2 Å². The van der Waals surface area contributed by atoms with Crippen molar-refractivity contribution in [2.45, 2.75) is 19.4 Å². The minimum Gasteiger partial charge on any atom is -0.377 e. The monoisotopic (exact) mass is 156 g/mol. The number of thiocarbonyl (C=S) groups is 1. The van der Waals surface area contributed by atoms with Gasteiger partial charge in [0.2, 0.25) is 0 Å². The van der Waals surface area contributed by atoms with Gasteiger partial charge in [-0.3, -0.25) is 0 Å². The van der Waals surface area contributed by atoms with Crippen LogP contribution in [0.25, 0.3) is 0 Å². The summed E-state index contributed by atoms with van der Waals surface area (Å²) in [6.07, 6.45) is 5.27. The van der Waals surface area contributed by atoms with Crippen molar-refractivity contribution in [1.82, 2.24) is 0 Å². The second-order valence-electron chi connectivity index (χ2n) is 2.71. The lowest BCUT2D eigenvalue weighted by Crippen LogP contribution is -2.23. The Bertz CT molecular complexity index is 163. The lowest BCUT2D eigenvalue weighted by atomic mass is 9.93. The molecule has 2 heteroatoms. The Morgan fingerprint density at radius 1 is 1.70 bits per heavy atom. The van der Waals surface area contributed by atoms with Gasteiger partial charge >= 0.3 is 0 Å². The van der Waals surface area contributed by atoms with Crippen LogP contribution < -0.4 is 0 Å². The van der Waals surface area contributed by atoms with E-state index in [2.05, 4.69) is 6.92 Å². The number of hydrogen-bond donors (Lipinski definition) is 0. The van der Waals surface area contributed by atoms with Gasteiger partial charge in [0.05, 0.1) is 6.10 Å². The van der Waals surface area contributed by atoms with Crippen LogP contribution in [0.2, 0.25) is 0 Å². The zero-order valence-electron chi connectivity index (χ0n) is 6.33. The fourth-order valence-electron chi connectivity index (χ4n) is 1.20. The minimum absolute atomic E-state index is 0.270. The van der Waals surface area contributed by atoms with Crippen LogP contribution in [0.15, 0.2) is 12.2 Å². The quantitative estimate of drug-likeness (QED) is 0.537. The Kier molecular flexibility index (Phi) is 2.57. The second-order valence-corrected chi connectivity index (χ2v) is 3.23. The highest BCUT2D eigenvalue weighted by atomic mass is 32.1. The number of hydrogen-bond acceptors (Lipinski definition) is 2. The lowest BCUT2D eigenvalue weighted by Gasteiger charge is -2.22. The Morgan fingerprint density at radius 3 is 2.90 bits per heavy atom. The first-order chi connectivity index (χ1) is 4.74. The fourth-order valence-corrected chi connectivity index (χ4v) is 1.55. The first-order valence-corrected chi connectivity index (χ1v) is 3.88. The van der Waals surface area contributed by atoms with E-state index in [0.29, 0.717) is 5.92 Å². The molecule has 2 unspecified atom stereocenters. The van der Waals surface area contributed by atoms with Gasteiger partial charge in [0, 0.05) is 12.0 Å². The van der Waals surface area contributed by atoms with E-state index in [1.54, 1.807) is 7.11 Å². The van der Waals surface area contributed by atoms with E-state index in [4.69, 9.17) is 17.0 Å². The van der Waals surface area contributed by atoms with Gasteiger partial charge in [-0.15, -0.1) is 0 Å². The topological polar surface area (TPSA) is 9.23 Å². The number of methoxy groups -OCH3 is 1. The predicted octanol–water partition coefficient (Wildman–Crippen LogP) is 1.97. The molecule has 1 rings (SSSR count). The summed E-state index contributed by atoms with van der Waals surface area (Å²) in [4.78, 5) is 1.04. The molecule has 0 N–H and O–H groups in total. The van der Waals surface area contributed by atoms with Crippen LogP contribution in [0.3, 0.4) is 0 Å². The summed E-state index contributed by atoms with van der Waals surface area (Å²) in [6.45, 7) is 2.16. The summed E-state index contributed by atoms with van der Waals surface area (Å²) in [5.41, 5.74) is 0. The Labute approximate surface area is 67.1 Å². The molecule has 56 valence electrons. The van der Waals surface area contributed by atoms with E-state index < -0.39 is 0 Å². The smallest absolute Gasteiger partial charge is 0.0784 e. The molecule has 0 bridgehead atoms. The highest BCUT2D eigenvalue weighted by molar-refractivity contribution is 7.80.